The van der Waals surface area contributed by atoms with E-state index in [1.54, 1.807) is 12.1 Å². The van der Waals surface area contributed by atoms with Crippen molar-refractivity contribution in [2.24, 2.45) is 14.1 Å². The molecule has 59 heavy (non-hydrogen) atoms. The van der Waals surface area contributed by atoms with Gasteiger partial charge in [0, 0.05) is 64.4 Å². The molecule has 10 aromatic rings. The molecule has 0 aliphatic carbocycles. The maximum absolute atomic E-state index is 8.15. The molecule has 0 radical (unpaired) electrons. The molecule has 0 aliphatic rings. The number of nitrogens with zero attached hydrogens (tertiary/aromatic N) is 4. The van der Waals surface area contributed by atoms with Gasteiger partial charge in [0.2, 0.25) is 22.8 Å². The Balaban J connectivity index is 0.000000164. The Hall–Kier alpha value is -6.92. The van der Waals surface area contributed by atoms with Crippen LogP contribution in [-0.4, -0.2) is 9.97 Å². The van der Waals surface area contributed by atoms with Crippen molar-refractivity contribution in [1.82, 2.24) is 9.97 Å². The highest BCUT2D eigenvalue weighted by molar-refractivity contribution is 6.11. The predicted octanol–water partition coefficient (Wildman–Crippen LogP) is 12.4. The zero-order valence-electron chi connectivity index (χ0n) is 40.2. The van der Waals surface area contributed by atoms with Gasteiger partial charge < -0.3 is 8.83 Å². The summed E-state index contributed by atoms with van der Waals surface area (Å²) in [5.41, 5.74) is 15.3. The lowest BCUT2D eigenvalue weighted by atomic mass is 9.95. The van der Waals surface area contributed by atoms with Crippen molar-refractivity contribution < 1.29 is 26.2 Å². The molecule has 6 nitrogen and oxygen atoms in total. The lowest BCUT2D eigenvalue weighted by molar-refractivity contribution is -0.660. The van der Waals surface area contributed by atoms with E-state index in [9.17, 15) is 0 Å². The van der Waals surface area contributed by atoms with Crippen LogP contribution >= 0.6 is 0 Å². The van der Waals surface area contributed by atoms with Gasteiger partial charge in [-0.3, -0.25) is 0 Å². The molecule has 0 atom stereocenters. The molecule has 0 amide bonds. The van der Waals surface area contributed by atoms with Gasteiger partial charge in [0.25, 0.3) is 0 Å². The maximum atomic E-state index is 8.15. The highest BCUT2D eigenvalue weighted by Crippen LogP contribution is 2.41. The summed E-state index contributed by atoms with van der Waals surface area (Å²) < 4.78 is 65.4. The number of hydrogen-bond donors (Lipinski definition) is 0. The third-order valence-electron chi connectivity index (χ3n) is 11.2. The summed E-state index contributed by atoms with van der Waals surface area (Å²) in [4.78, 5) is 9.06. The van der Waals surface area contributed by atoms with Crippen LogP contribution in [0.3, 0.4) is 0 Å². The van der Waals surface area contributed by atoms with Crippen LogP contribution in [0.15, 0.2) is 136 Å². The Labute approximate surface area is 353 Å². The monoisotopic (exact) mass is 778 g/mol. The van der Waals surface area contributed by atoms with Crippen LogP contribution in [0.4, 0.5) is 0 Å². The third-order valence-corrected chi connectivity index (χ3v) is 11.2. The minimum atomic E-state index is -2.27. The average Bonchev–Trinajstić information content (AvgIpc) is 3.82. The van der Waals surface area contributed by atoms with Gasteiger partial charge in [0.1, 0.15) is 14.1 Å². The number of benzene rings is 4. The van der Waals surface area contributed by atoms with Crippen molar-refractivity contribution in [2.75, 3.05) is 0 Å². The molecule has 6 aromatic heterocycles. The van der Waals surface area contributed by atoms with Crippen LogP contribution < -0.4 is 9.13 Å². The van der Waals surface area contributed by atoms with Gasteiger partial charge in [0.05, 0.1) is 11.1 Å². The van der Waals surface area contributed by atoms with Crippen molar-refractivity contribution in [3.8, 4) is 44.8 Å². The smallest absolute Gasteiger partial charge is 0.227 e. The normalized spacial score (nSPS) is 13.4. The Bertz CT molecular complexity index is 3480. The minimum absolute atomic E-state index is 0.293. The van der Waals surface area contributed by atoms with Crippen molar-refractivity contribution in [3.05, 3.63) is 167 Å². The van der Waals surface area contributed by atoms with Crippen LogP contribution in [0.5, 0.6) is 0 Å². The molecular weight excluding hydrogens is 725 g/mol. The Kier molecular flexibility index (Phi) is 7.80. The molecule has 290 valence electrons. The van der Waals surface area contributed by atoms with Crippen LogP contribution in [0.2, 0.25) is 0 Å². The Morgan fingerprint density at radius 1 is 0.475 bits per heavy atom. The first-order valence-corrected chi connectivity index (χ1v) is 19.7. The first-order chi connectivity index (χ1) is 30.9. The molecule has 6 heterocycles. The molecule has 4 aromatic carbocycles. The molecule has 6 heteroatoms. The second-order valence-corrected chi connectivity index (χ2v) is 15.5. The van der Waals surface area contributed by atoms with E-state index < -0.39 is 13.7 Å². The quantitative estimate of drug-likeness (QED) is 0.167. The van der Waals surface area contributed by atoms with E-state index in [-0.39, 0.29) is 0 Å². The van der Waals surface area contributed by atoms with Gasteiger partial charge in [0.15, 0.2) is 23.6 Å². The second-order valence-electron chi connectivity index (χ2n) is 15.5. The maximum Gasteiger partial charge on any atom is 0.227 e. The Morgan fingerprint density at radius 3 is 1.51 bits per heavy atom. The topological polar surface area (TPSA) is 59.8 Å². The van der Waals surface area contributed by atoms with E-state index in [0.29, 0.717) is 44.5 Å². The molecule has 0 fully saturated rings. The zero-order valence-corrected chi connectivity index (χ0v) is 34.2. The van der Waals surface area contributed by atoms with Crippen molar-refractivity contribution in [1.29, 1.82) is 0 Å². The summed E-state index contributed by atoms with van der Waals surface area (Å²) in [7, 11) is 4.00. The number of furan rings is 2. The molecule has 0 saturated heterocycles. The standard InChI is InChI=1S/C27H25N2O.C26H23N2O/c1-16-14-23(29(5)15-22(16)20-9-7-6-8-10-20)25-18(3)13-17(2)24-21-12-11-19(4)28-27(21)30-26(24)25;1-16-14-17(2)24(25-23(16)21-12-10-18(3)27-26(21)29-25)22-13-11-20(15-28(22)4)19-8-6-5-7-9-19/h6-15H,1-5H3;5-15H,1-4H3/q2*+1/i2D3;1D3. The third kappa shape index (κ3) is 6.64. The number of pyridine rings is 4. The molecule has 0 unspecified atom stereocenters. The minimum Gasteiger partial charge on any atom is -0.437 e. The van der Waals surface area contributed by atoms with Crippen LogP contribution in [0.25, 0.3) is 88.9 Å². The molecular formula is C53H48N4O2+2. The SMILES string of the molecule is [2H]C([2H])([2H])c1cc(C)c(-c2cc(C)c(-c3ccccc3)c[n+]2C)c2oc3nc(C)ccc3c12.[2H]C([2H])([2H])c1cc(C)c(-c2ccc(-c3ccccc3)c[n+]2C)c2oc3nc(C)ccc3c12. The Morgan fingerprint density at radius 2 is 0.983 bits per heavy atom. The summed E-state index contributed by atoms with van der Waals surface area (Å²) in [5, 5.41) is 2.67. The molecule has 0 N–H and O–H groups in total. The first-order valence-electron chi connectivity index (χ1n) is 22.7. The molecule has 10 rings (SSSR count). The number of hydrogen-bond acceptors (Lipinski definition) is 4. The number of fused-ring (bicyclic) bond motifs is 6. The molecule has 0 saturated carbocycles. The summed E-state index contributed by atoms with van der Waals surface area (Å²) in [6, 6.07) is 37.9. The number of rotatable bonds is 4. The van der Waals surface area contributed by atoms with E-state index in [2.05, 4.69) is 80.9 Å². The van der Waals surface area contributed by atoms with Gasteiger partial charge in [-0.2, -0.15) is 0 Å². The van der Waals surface area contributed by atoms with Gasteiger partial charge >= 0.3 is 0 Å². The largest absolute Gasteiger partial charge is 0.437 e. The molecule has 0 spiro atoms. The summed E-state index contributed by atoms with van der Waals surface area (Å²) in [6.45, 7) is 5.23. The fraction of sp³-hybridized carbons (Fsp3) is 0.170. The number of aromatic nitrogens is 4. The average molecular weight is 779 g/mol. The van der Waals surface area contributed by atoms with Gasteiger partial charge in [-0.15, -0.1) is 0 Å². The van der Waals surface area contributed by atoms with Gasteiger partial charge in [-0.25, -0.2) is 19.1 Å². The second kappa shape index (κ2) is 14.8. The summed E-state index contributed by atoms with van der Waals surface area (Å²) in [5.74, 6) is 0. The van der Waals surface area contributed by atoms with Crippen LogP contribution in [-0.2, 0) is 14.1 Å². The fourth-order valence-electron chi connectivity index (χ4n) is 8.33. The zero-order chi connectivity index (χ0) is 46.1. The van der Waals surface area contributed by atoms with E-state index in [1.165, 1.54) is 0 Å². The van der Waals surface area contributed by atoms with Gasteiger partial charge in [-0.05, 0) is 118 Å². The van der Waals surface area contributed by atoms with Crippen molar-refractivity contribution in [3.63, 3.8) is 0 Å². The van der Waals surface area contributed by atoms with Crippen LogP contribution in [0, 0.1) is 48.3 Å². The highest BCUT2D eigenvalue weighted by Gasteiger charge is 2.25. The van der Waals surface area contributed by atoms with Crippen LogP contribution in [0.1, 0.15) is 47.4 Å². The highest BCUT2D eigenvalue weighted by atomic mass is 16.3. The van der Waals surface area contributed by atoms with E-state index >= 15 is 0 Å². The fourth-order valence-corrected chi connectivity index (χ4v) is 8.33. The lowest BCUT2D eigenvalue weighted by Crippen LogP contribution is -2.31. The van der Waals surface area contributed by atoms with E-state index in [4.69, 9.17) is 17.1 Å². The predicted molar refractivity (Wildman–Crippen MR) is 240 cm³/mol. The van der Waals surface area contributed by atoms with E-state index in [0.717, 1.165) is 83.6 Å². The number of aryl methyl sites for hydroxylation is 9. The molecule has 0 bridgehead atoms. The first kappa shape index (κ1) is 31.1. The summed E-state index contributed by atoms with van der Waals surface area (Å²) >= 11 is 0. The van der Waals surface area contributed by atoms with E-state index in [1.807, 2.05) is 102 Å². The van der Waals surface area contributed by atoms with Crippen molar-refractivity contribution >= 4 is 44.1 Å². The summed E-state index contributed by atoms with van der Waals surface area (Å²) in [6.07, 6.45) is 4.20. The van der Waals surface area contributed by atoms with Crippen molar-refractivity contribution in [2.45, 2.75) is 48.3 Å². The lowest BCUT2D eigenvalue weighted by Gasteiger charge is -2.11. The van der Waals surface area contributed by atoms with Gasteiger partial charge in [-0.1, -0.05) is 72.8 Å². The molecule has 0 aliphatic heterocycles.